The second-order valence-electron chi connectivity index (χ2n) is 3.80. The lowest BCUT2D eigenvalue weighted by Gasteiger charge is -2.26. The third-order valence-electron chi connectivity index (χ3n) is 2.63. The van der Waals surface area contributed by atoms with E-state index >= 15 is 0 Å². The van der Waals surface area contributed by atoms with Crippen molar-refractivity contribution in [2.75, 3.05) is 46.4 Å². The standard InChI is InChI=1S/C10H19N3O4/c1-11-8(10(15)16)9(14)12-2-3-13-4-6-17-7-5-13/h8,11H,2-7H2,1H3,(H,12,14)(H,15,16). The molecule has 0 bridgehead atoms. The van der Waals surface area contributed by atoms with Crippen molar-refractivity contribution in [2.45, 2.75) is 6.04 Å². The Hall–Kier alpha value is -1.18. The first-order chi connectivity index (χ1) is 8.15. The van der Waals surface area contributed by atoms with Crippen LogP contribution in [-0.2, 0) is 14.3 Å². The van der Waals surface area contributed by atoms with E-state index in [1.165, 1.54) is 7.05 Å². The Balaban J connectivity index is 2.20. The number of amides is 1. The van der Waals surface area contributed by atoms with Gasteiger partial charge in [-0.15, -0.1) is 0 Å². The van der Waals surface area contributed by atoms with Gasteiger partial charge in [0, 0.05) is 26.2 Å². The van der Waals surface area contributed by atoms with E-state index in [2.05, 4.69) is 15.5 Å². The average molecular weight is 245 g/mol. The molecular weight excluding hydrogens is 226 g/mol. The number of ether oxygens (including phenoxy) is 1. The van der Waals surface area contributed by atoms with Gasteiger partial charge in [-0.3, -0.25) is 15.0 Å². The number of rotatable bonds is 6. The minimum Gasteiger partial charge on any atom is -0.480 e. The highest BCUT2D eigenvalue weighted by atomic mass is 16.5. The molecule has 0 radical (unpaired) electrons. The minimum atomic E-state index is -1.18. The zero-order valence-electron chi connectivity index (χ0n) is 9.94. The molecule has 17 heavy (non-hydrogen) atoms. The third kappa shape index (κ3) is 4.68. The summed E-state index contributed by atoms with van der Waals surface area (Å²) < 4.78 is 5.20. The number of carbonyl (C=O) groups is 2. The third-order valence-corrected chi connectivity index (χ3v) is 2.63. The van der Waals surface area contributed by atoms with Crippen LogP contribution in [0.1, 0.15) is 0 Å². The van der Waals surface area contributed by atoms with Crippen molar-refractivity contribution in [1.29, 1.82) is 0 Å². The van der Waals surface area contributed by atoms with Gasteiger partial charge < -0.3 is 15.2 Å². The van der Waals surface area contributed by atoms with Crippen LogP contribution in [0.5, 0.6) is 0 Å². The highest BCUT2D eigenvalue weighted by Gasteiger charge is 2.23. The van der Waals surface area contributed by atoms with Crippen LogP contribution in [0.4, 0.5) is 0 Å². The van der Waals surface area contributed by atoms with Crippen LogP contribution in [0.25, 0.3) is 0 Å². The summed E-state index contributed by atoms with van der Waals surface area (Å²) >= 11 is 0. The molecule has 1 aliphatic rings. The number of carboxylic acids is 1. The van der Waals surface area contributed by atoms with Gasteiger partial charge in [0.2, 0.25) is 5.91 Å². The van der Waals surface area contributed by atoms with Crippen LogP contribution in [0.2, 0.25) is 0 Å². The van der Waals surface area contributed by atoms with Crippen LogP contribution in [0, 0.1) is 0 Å². The van der Waals surface area contributed by atoms with E-state index < -0.39 is 17.9 Å². The van der Waals surface area contributed by atoms with Crippen LogP contribution in [0.3, 0.4) is 0 Å². The molecule has 0 aromatic carbocycles. The molecule has 0 aromatic rings. The lowest BCUT2D eigenvalue weighted by atomic mass is 10.3. The topological polar surface area (TPSA) is 90.9 Å². The van der Waals surface area contributed by atoms with E-state index in [1.807, 2.05) is 0 Å². The predicted octanol–water partition coefficient (Wildman–Crippen LogP) is -1.89. The lowest BCUT2D eigenvalue weighted by molar-refractivity contribution is -0.143. The number of hydrogen-bond acceptors (Lipinski definition) is 5. The van der Waals surface area contributed by atoms with Gasteiger partial charge in [0.05, 0.1) is 13.2 Å². The maximum atomic E-state index is 11.5. The SMILES string of the molecule is CNC(C(=O)O)C(=O)NCCN1CCOCC1. The number of carboxylic acid groups (broad SMARTS) is 1. The van der Waals surface area contributed by atoms with Gasteiger partial charge in [0.15, 0.2) is 6.04 Å². The van der Waals surface area contributed by atoms with E-state index in [1.54, 1.807) is 0 Å². The molecular formula is C10H19N3O4. The molecule has 3 N–H and O–H groups in total. The van der Waals surface area contributed by atoms with Crippen molar-refractivity contribution >= 4 is 11.9 Å². The Kier molecular flexibility index (Phi) is 5.88. The summed E-state index contributed by atoms with van der Waals surface area (Å²) in [5.74, 6) is -1.68. The fourth-order valence-corrected chi connectivity index (χ4v) is 1.63. The second-order valence-corrected chi connectivity index (χ2v) is 3.80. The van der Waals surface area contributed by atoms with Gasteiger partial charge in [0.1, 0.15) is 0 Å². The highest BCUT2D eigenvalue weighted by molar-refractivity contribution is 6.01. The molecule has 0 aromatic heterocycles. The highest BCUT2D eigenvalue weighted by Crippen LogP contribution is 1.94. The van der Waals surface area contributed by atoms with Gasteiger partial charge in [-0.25, -0.2) is 4.79 Å². The normalized spacial score (nSPS) is 18.6. The molecule has 1 unspecified atom stereocenters. The van der Waals surface area contributed by atoms with Crippen LogP contribution in [0.15, 0.2) is 0 Å². The fraction of sp³-hybridized carbons (Fsp3) is 0.800. The number of nitrogens with one attached hydrogen (secondary N) is 2. The molecule has 1 aliphatic heterocycles. The smallest absolute Gasteiger partial charge is 0.330 e. The van der Waals surface area contributed by atoms with E-state index in [0.29, 0.717) is 26.3 Å². The molecule has 1 rings (SSSR count). The van der Waals surface area contributed by atoms with Crippen molar-refractivity contribution in [3.63, 3.8) is 0 Å². The quantitative estimate of drug-likeness (QED) is 0.474. The number of morpholine rings is 1. The summed E-state index contributed by atoms with van der Waals surface area (Å²) in [6.07, 6.45) is 0. The van der Waals surface area contributed by atoms with Crippen molar-refractivity contribution in [1.82, 2.24) is 15.5 Å². The molecule has 1 fully saturated rings. The van der Waals surface area contributed by atoms with Gasteiger partial charge in [0.25, 0.3) is 0 Å². The molecule has 1 atom stereocenters. The first-order valence-corrected chi connectivity index (χ1v) is 5.63. The summed E-state index contributed by atoms with van der Waals surface area (Å²) in [7, 11) is 1.44. The van der Waals surface area contributed by atoms with E-state index in [4.69, 9.17) is 9.84 Å². The van der Waals surface area contributed by atoms with Crippen LogP contribution >= 0.6 is 0 Å². The summed E-state index contributed by atoms with van der Waals surface area (Å²) in [4.78, 5) is 24.3. The largest absolute Gasteiger partial charge is 0.480 e. The first-order valence-electron chi connectivity index (χ1n) is 5.63. The molecule has 0 aliphatic carbocycles. The number of hydrogen-bond donors (Lipinski definition) is 3. The maximum Gasteiger partial charge on any atom is 0.330 e. The number of aliphatic carboxylic acids is 1. The minimum absolute atomic E-state index is 0.449. The zero-order valence-corrected chi connectivity index (χ0v) is 9.94. The first kappa shape index (κ1) is 13.9. The van der Waals surface area contributed by atoms with E-state index in [0.717, 1.165) is 13.1 Å². The predicted molar refractivity (Wildman–Crippen MR) is 60.8 cm³/mol. The molecule has 1 saturated heterocycles. The summed E-state index contributed by atoms with van der Waals surface area (Å²) in [6, 6.07) is -1.18. The Morgan fingerprint density at radius 2 is 2.06 bits per heavy atom. The maximum absolute atomic E-state index is 11.5. The van der Waals surface area contributed by atoms with Crippen LogP contribution < -0.4 is 10.6 Å². The molecule has 0 spiro atoms. The number of carbonyl (C=O) groups excluding carboxylic acids is 1. The van der Waals surface area contributed by atoms with Gasteiger partial charge in [-0.1, -0.05) is 0 Å². The number of likely N-dealkylation sites (N-methyl/N-ethyl adjacent to an activating group) is 1. The molecule has 7 heteroatoms. The lowest BCUT2D eigenvalue weighted by Crippen LogP contribution is -2.50. The van der Waals surface area contributed by atoms with Crippen molar-refractivity contribution < 1.29 is 19.4 Å². The van der Waals surface area contributed by atoms with Gasteiger partial charge in [-0.2, -0.15) is 0 Å². The Bertz CT molecular complexity index is 266. The Labute approximate surface area is 100 Å². The van der Waals surface area contributed by atoms with Crippen molar-refractivity contribution in [2.24, 2.45) is 0 Å². The average Bonchev–Trinajstić information content (AvgIpc) is 2.30. The Morgan fingerprint density at radius 1 is 1.41 bits per heavy atom. The second kappa shape index (κ2) is 7.21. The van der Waals surface area contributed by atoms with Gasteiger partial charge in [-0.05, 0) is 7.05 Å². The Morgan fingerprint density at radius 3 is 2.59 bits per heavy atom. The summed E-state index contributed by atoms with van der Waals surface area (Å²) in [6.45, 7) is 4.29. The van der Waals surface area contributed by atoms with Crippen molar-refractivity contribution in [3.05, 3.63) is 0 Å². The molecule has 7 nitrogen and oxygen atoms in total. The van der Waals surface area contributed by atoms with E-state index in [-0.39, 0.29) is 0 Å². The summed E-state index contributed by atoms with van der Waals surface area (Å²) in [5, 5.41) is 13.8. The molecule has 1 amide bonds. The zero-order chi connectivity index (χ0) is 12.7. The number of nitrogens with zero attached hydrogens (tertiary/aromatic N) is 1. The monoisotopic (exact) mass is 245 g/mol. The summed E-state index contributed by atoms with van der Waals surface area (Å²) in [5.41, 5.74) is 0. The molecule has 1 heterocycles. The van der Waals surface area contributed by atoms with Crippen LogP contribution in [-0.4, -0.2) is 74.4 Å². The molecule has 0 saturated carbocycles. The molecule has 98 valence electrons. The van der Waals surface area contributed by atoms with Crippen molar-refractivity contribution in [3.8, 4) is 0 Å². The van der Waals surface area contributed by atoms with Gasteiger partial charge >= 0.3 is 5.97 Å². The van der Waals surface area contributed by atoms with E-state index in [9.17, 15) is 9.59 Å². The fourth-order valence-electron chi connectivity index (χ4n) is 1.63.